The minimum Gasteiger partial charge on any atom is -0.374 e. The molecule has 1 aliphatic rings. The molecule has 0 radical (unpaired) electrons. The number of hydrogen-bond donors (Lipinski definition) is 1. The molecule has 0 saturated carbocycles. The van der Waals surface area contributed by atoms with Gasteiger partial charge in [-0.15, -0.1) is 10.2 Å². The van der Waals surface area contributed by atoms with Crippen LogP contribution in [0.15, 0.2) is 4.34 Å². The molecular formula is C9H17N5O2S2. The number of nitrogens with zero attached hydrogens (tertiary/aromatic N) is 4. The predicted octanol–water partition coefficient (Wildman–Crippen LogP) is -0.165. The van der Waals surface area contributed by atoms with Crippen molar-refractivity contribution in [1.82, 2.24) is 19.4 Å². The Hall–Kier alpha value is -0.770. The monoisotopic (exact) mass is 291 g/mol. The lowest BCUT2D eigenvalue weighted by molar-refractivity contribution is 0.0801. The Morgan fingerprint density at radius 2 is 2.00 bits per heavy atom. The summed E-state index contributed by atoms with van der Waals surface area (Å²) in [6.45, 7) is 5.62. The highest BCUT2D eigenvalue weighted by atomic mass is 32.2. The van der Waals surface area contributed by atoms with Gasteiger partial charge < -0.3 is 5.73 Å². The van der Waals surface area contributed by atoms with Gasteiger partial charge in [0.2, 0.25) is 9.47 Å². The van der Waals surface area contributed by atoms with E-state index >= 15 is 0 Å². The molecule has 0 spiro atoms. The van der Waals surface area contributed by atoms with E-state index in [1.165, 1.54) is 4.31 Å². The number of aromatic nitrogens is 2. The summed E-state index contributed by atoms with van der Waals surface area (Å²) >= 11 is 0.902. The molecule has 2 heterocycles. The molecule has 18 heavy (non-hydrogen) atoms. The normalized spacial score (nSPS) is 22.2. The van der Waals surface area contributed by atoms with Crippen molar-refractivity contribution < 1.29 is 8.42 Å². The highest BCUT2D eigenvalue weighted by Crippen LogP contribution is 2.26. The predicted molar refractivity (Wildman–Crippen MR) is 69.8 cm³/mol. The highest BCUT2D eigenvalue weighted by Gasteiger charge is 2.38. The van der Waals surface area contributed by atoms with Gasteiger partial charge >= 0.3 is 0 Å². The van der Waals surface area contributed by atoms with Gasteiger partial charge in [-0.25, -0.2) is 8.42 Å². The largest absolute Gasteiger partial charge is 0.374 e. The molecule has 102 valence electrons. The molecule has 0 amide bonds. The van der Waals surface area contributed by atoms with Crippen molar-refractivity contribution in [2.24, 2.45) is 0 Å². The molecule has 0 aliphatic carbocycles. The smallest absolute Gasteiger partial charge is 0.272 e. The lowest BCUT2D eigenvalue weighted by Crippen LogP contribution is -2.58. The first-order valence-electron chi connectivity index (χ1n) is 5.54. The van der Waals surface area contributed by atoms with Crippen molar-refractivity contribution in [3.63, 3.8) is 0 Å². The average Bonchev–Trinajstić information content (AvgIpc) is 2.69. The summed E-state index contributed by atoms with van der Waals surface area (Å²) in [7, 11) is -1.57. The van der Waals surface area contributed by atoms with E-state index in [9.17, 15) is 8.42 Å². The number of nitrogens with two attached hydrogens (primary N) is 1. The van der Waals surface area contributed by atoms with E-state index < -0.39 is 10.0 Å². The maximum atomic E-state index is 12.4. The topological polar surface area (TPSA) is 92.4 Å². The third-order valence-corrected chi connectivity index (χ3v) is 6.21. The summed E-state index contributed by atoms with van der Waals surface area (Å²) in [5.41, 5.74) is 5.24. The number of likely N-dealkylation sites (N-methyl/N-ethyl adjacent to an activating group) is 1. The van der Waals surface area contributed by atoms with Gasteiger partial charge in [0.15, 0.2) is 0 Å². The molecule has 2 rings (SSSR count). The van der Waals surface area contributed by atoms with E-state index in [-0.39, 0.29) is 15.0 Å². The molecule has 1 saturated heterocycles. The molecule has 1 aromatic rings. The van der Waals surface area contributed by atoms with Crippen molar-refractivity contribution in [1.29, 1.82) is 0 Å². The lowest BCUT2D eigenvalue weighted by Gasteiger charge is -2.44. The van der Waals surface area contributed by atoms with Crippen LogP contribution in [-0.2, 0) is 10.0 Å². The molecule has 0 atom stereocenters. The van der Waals surface area contributed by atoms with Crippen molar-refractivity contribution in [3.05, 3.63) is 0 Å². The molecular weight excluding hydrogens is 274 g/mol. The Labute approximate surface area is 111 Å². The fourth-order valence-electron chi connectivity index (χ4n) is 1.84. The van der Waals surface area contributed by atoms with Crippen LogP contribution >= 0.6 is 11.3 Å². The molecule has 2 N–H and O–H groups in total. The number of piperazine rings is 1. The van der Waals surface area contributed by atoms with Crippen LogP contribution in [0, 0.1) is 0 Å². The average molecular weight is 291 g/mol. The van der Waals surface area contributed by atoms with Crippen molar-refractivity contribution in [2.75, 3.05) is 32.4 Å². The van der Waals surface area contributed by atoms with Crippen LogP contribution in [0.4, 0.5) is 5.13 Å². The molecule has 0 bridgehead atoms. The van der Waals surface area contributed by atoms with Gasteiger partial charge in [0, 0.05) is 25.2 Å². The van der Waals surface area contributed by atoms with E-state index in [2.05, 4.69) is 15.1 Å². The van der Waals surface area contributed by atoms with E-state index in [4.69, 9.17) is 5.73 Å². The summed E-state index contributed by atoms with van der Waals surface area (Å²) < 4.78 is 26.1. The summed E-state index contributed by atoms with van der Waals surface area (Å²) in [5.74, 6) is 0. The van der Waals surface area contributed by atoms with Crippen LogP contribution in [0.3, 0.4) is 0 Å². The number of hydrogen-bond acceptors (Lipinski definition) is 7. The van der Waals surface area contributed by atoms with Crippen LogP contribution < -0.4 is 5.73 Å². The molecule has 1 aliphatic heterocycles. The molecule has 0 aromatic carbocycles. The first kappa shape index (κ1) is 13.7. The third kappa shape index (κ3) is 2.35. The minimum atomic E-state index is -3.56. The maximum Gasteiger partial charge on any atom is 0.272 e. The number of rotatable bonds is 2. The highest BCUT2D eigenvalue weighted by molar-refractivity contribution is 7.91. The van der Waals surface area contributed by atoms with Crippen LogP contribution in [0.1, 0.15) is 13.8 Å². The number of nitrogen functional groups attached to an aromatic ring is 1. The second kappa shape index (κ2) is 4.41. The molecule has 0 unspecified atom stereocenters. The first-order chi connectivity index (χ1) is 8.23. The summed E-state index contributed by atoms with van der Waals surface area (Å²) in [5, 5.41) is 7.36. The Morgan fingerprint density at radius 1 is 1.33 bits per heavy atom. The minimum absolute atomic E-state index is 0.0275. The second-order valence-electron chi connectivity index (χ2n) is 4.98. The standard InChI is InChI=1S/C9H17N5O2S2/c1-9(2)6-14(5-4-13(9)3)18(15,16)8-12-11-7(10)17-8/h4-6H2,1-3H3,(H2,10,11). The summed E-state index contributed by atoms with van der Waals surface area (Å²) in [6.07, 6.45) is 0. The van der Waals surface area contributed by atoms with Crippen LogP contribution in [0.25, 0.3) is 0 Å². The Kier molecular flexibility index (Phi) is 3.34. The van der Waals surface area contributed by atoms with Gasteiger partial charge in [-0.05, 0) is 20.9 Å². The van der Waals surface area contributed by atoms with Crippen molar-refractivity contribution >= 4 is 26.5 Å². The van der Waals surface area contributed by atoms with Crippen molar-refractivity contribution in [3.8, 4) is 0 Å². The quantitative estimate of drug-likeness (QED) is 0.813. The van der Waals surface area contributed by atoms with Gasteiger partial charge in [-0.3, -0.25) is 4.90 Å². The van der Waals surface area contributed by atoms with Crippen LogP contribution in [-0.4, -0.2) is 60.0 Å². The zero-order chi connectivity index (χ0) is 13.6. The molecule has 7 nitrogen and oxygen atoms in total. The molecule has 9 heteroatoms. The van der Waals surface area contributed by atoms with Gasteiger partial charge in [0.25, 0.3) is 10.0 Å². The first-order valence-corrected chi connectivity index (χ1v) is 7.79. The van der Waals surface area contributed by atoms with Crippen LogP contribution in [0.2, 0.25) is 0 Å². The Bertz CT molecular complexity index is 539. The summed E-state index contributed by atoms with van der Waals surface area (Å²) in [4.78, 5) is 2.15. The Balaban J connectivity index is 2.27. The molecule has 1 fully saturated rings. The Morgan fingerprint density at radius 3 is 2.50 bits per heavy atom. The van der Waals surface area contributed by atoms with Gasteiger partial charge in [-0.2, -0.15) is 4.31 Å². The van der Waals surface area contributed by atoms with E-state index in [1.807, 2.05) is 20.9 Å². The van der Waals surface area contributed by atoms with E-state index in [0.29, 0.717) is 19.6 Å². The molecule has 1 aromatic heterocycles. The van der Waals surface area contributed by atoms with Crippen molar-refractivity contribution in [2.45, 2.75) is 23.7 Å². The number of anilines is 1. The maximum absolute atomic E-state index is 12.4. The fourth-order valence-corrected chi connectivity index (χ4v) is 4.34. The van der Waals surface area contributed by atoms with Gasteiger partial charge in [-0.1, -0.05) is 11.3 Å². The van der Waals surface area contributed by atoms with E-state index in [1.54, 1.807) is 0 Å². The van der Waals surface area contributed by atoms with Gasteiger partial charge in [0.1, 0.15) is 0 Å². The fraction of sp³-hybridized carbons (Fsp3) is 0.778. The summed E-state index contributed by atoms with van der Waals surface area (Å²) in [6, 6.07) is 0. The van der Waals surface area contributed by atoms with Crippen LogP contribution in [0.5, 0.6) is 0 Å². The van der Waals surface area contributed by atoms with E-state index in [0.717, 1.165) is 11.3 Å². The lowest BCUT2D eigenvalue weighted by atomic mass is 10.0. The van der Waals surface area contributed by atoms with Gasteiger partial charge in [0.05, 0.1) is 0 Å². The zero-order valence-electron chi connectivity index (χ0n) is 10.6. The number of sulfonamides is 1. The third-order valence-electron chi connectivity index (χ3n) is 3.26. The zero-order valence-corrected chi connectivity index (χ0v) is 12.3. The second-order valence-corrected chi connectivity index (χ2v) is 8.10. The SMILES string of the molecule is CN1CCN(S(=O)(=O)c2nnc(N)s2)CC1(C)C.